The van der Waals surface area contributed by atoms with Crippen LogP contribution < -0.4 is 16.0 Å². The van der Waals surface area contributed by atoms with Crippen molar-refractivity contribution in [1.29, 1.82) is 0 Å². The van der Waals surface area contributed by atoms with Crippen molar-refractivity contribution in [2.45, 2.75) is 0 Å². The van der Waals surface area contributed by atoms with Crippen LogP contribution in [0, 0.1) is 5.82 Å². The number of hydrogen-bond acceptors (Lipinski definition) is 4. The van der Waals surface area contributed by atoms with Gasteiger partial charge in [0.2, 0.25) is 5.95 Å². The van der Waals surface area contributed by atoms with Crippen molar-refractivity contribution in [3.8, 4) is 17.0 Å². The van der Waals surface area contributed by atoms with Gasteiger partial charge in [-0.05, 0) is 18.2 Å². The van der Waals surface area contributed by atoms with Gasteiger partial charge in [0.15, 0.2) is 11.6 Å². The summed E-state index contributed by atoms with van der Waals surface area (Å²) in [4.78, 5) is 6.83. The van der Waals surface area contributed by atoms with E-state index in [1.54, 1.807) is 18.3 Å². The summed E-state index contributed by atoms with van der Waals surface area (Å²) >= 11 is 0. The molecule has 6 heteroatoms. The molecule has 1 aromatic heterocycles. The highest BCUT2D eigenvalue weighted by Crippen LogP contribution is 2.24. The fraction of sp³-hybridized carbons (Fsp3) is 0.100. The fourth-order valence-electron chi connectivity index (χ4n) is 1.38. The summed E-state index contributed by atoms with van der Waals surface area (Å²) in [7, 11) is 1.42. The second-order valence-electron chi connectivity index (χ2n) is 3.14. The number of ether oxygens (including phenoxy) is 1. The van der Waals surface area contributed by atoms with E-state index in [0.29, 0.717) is 17.2 Å². The maximum atomic E-state index is 13.4. The minimum Gasteiger partial charge on any atom is -0.494 e. The summed E-state index contributed by atoms with van der Waals surface area (Å²) in [6.07, 6.45) is 1.57. The van der Waals surface area contributed by atoms with Gasteiger partial charge < -0.3 is 9.72 Å². The lowest BCUT2D eigenvalue weighted by Crippen LogP contribution is -2.07. The average Bonchev–Trinajstić information content (AvgIpc) is 2.77. The molecule has 0 aliphatic heterocycles. The van der Waals surface area contributed by atoms with E-state index in [0.717, 1.165) is 0 Å². The zero-order valence-corrected chi connectivity index (χ0v) is 8.62. The van der Waals surface area contributed by atoms with Crippen LogP contribution >= 0.6 is 0 Å². The minimum atomic E-state index is -0.420. The molecular weight excluding hydrogens is 211 g/mol. The summed E-state index contributed by atoms with van der Waals surface area (Å²) in [6, 6.07) is 4.66. The molecule has 1 heterocycles. The van der Waals surface area contributed by atoms with Crippen molar-refractivity contribution in [2.75, 3.05) is 12.5 Å². The first kappa shape index (κ1) is 10.4. The van der Waals surface area contributed by atoms with Gasteiger partial charge in [0.1, 0.15) is 0 Å². The van der Waals surface area contributed by atoms with Gasteiger partial charge in [-0.15, -0.1) is 0 Å². The molecule has 2 aromatic rings. The maximum absolute atomic E-state index is 13.4. The first-order valence-electron chi connectivity index (χ1n) is 4.60. The number of nitrogens with zero attached hydrogens (tertiary/aromatic N) is 1. The number of methoxy groups -OCH3 is 1. The topological polar surface area (TPSA) is 76.0 Å². The average molecular weight is 222 g/mol. The molecule has 0 amide bonds. The molecule has 84 valence electrons. The molecule has 0 atom stereocenters. The number of halogens is 1. The Balaban J connectivity index is 2.37. The van der Waals surface area contributed by atoms with Crippen molar-refractivity contribution in [2.24, 2.45) is 5.84 Å². The molecular formula is C10H11FN4O. The van der Waals surface area contributed by atoms with Crippen LogP contribution in [0.4, 0.5) is 10.3 Å². The number of anilines is 1. The number of hydrogen-bond donors (Lipinski definition) is 3. The fourth-order valence-corrected chi connectivity index (χ4v) is 1.38. The van der Waals surface area contributed by atoms with Gasteiger partial charge in [0, 0.05) is 5.56 Å². The molecule has 0 unspecified atom stereocenters. The molecule has 5 nitrogen and oxygen atoms in total. The number of nitrogens with one attached hydrogen (secondary N) is 2. The van der Waals surface area contributed by atoms with Crippen LogP contribution in [0.1, 0.15) is 0 Å². The van der Waals surface area contributed by atoms with Crippen LogP contribution in [0.2, 0.25) is 0 Å². The monoisotopic (exact) mass is 222 g/mol. The highest BCUT2D eigenvalue weighted by molar-refractivity contribution is 5.61. The zero-order chi connectivity index (χ0) is 11.5. The summed E-state index contributed by atoms with van der Waals surface area (Å²) in [5.74, 6) is 5.39. The smallest absolute Gasteiger partial charge is 0.215 e. The quantitative estimate of drug-likeness (QED) is 0.543. The van der Waals surface area contributed by atoms with Gasteiger partial charge in [0.25, 0.3) is 0 Å². The number of H-pyrrole nitrogens is 1. The van der Waals surface area contributed by atoms with E-state index >= 15 is 0 Å². The van der Waals surface area contributed by atoms with Crippen LogP contribution in [0.3, 0.4) is 0 Å². The number of hydrazine groups is 1. The Hall–Kier alpha value is -2.08. The van der Waals surface area contributed by atoms with Crippen LogP contribution in [0.25, 0.3) is 11.3 Å². The first-order valence-corrected chi connectivity index (χ1v) is 4.60. The van der Waals surface area contributed by atoms with E-state index in [1.165, 1.54) is 13.2 Å². The third-order valence-electron chi connectivity index (χ3n) is 2.18. The Morgan fingerprint density at radius 2 is 2.31 bits per heavy atom. The number of nitrogens with two attached hydrogens (primary N) is 1. The van der Waals surface area contributed by atoms with Gasteiger partial charge in [-0.25, -0.2) is 15.2 Å². The number of rotatable bonds is 3. The Labute approximate surface area is 91.4 Å². The Morgan fingerprint density at radius 3 is 2.88 bits per heavy atom. The second kappa shape index (κ2) is 4.19. The number of imidazole rings is 1. The molecule has 0 spiro atoms. The lowest BCUT2D eigenvalue weighted by atomic mass is 10.1. The third-order valence-corrected chi connectivity index (χ3v) is 2.18. The molecule has 1 aromatic carbocycles. The normalized spacial score (nSPS) is 10.2. The predicted octanol–water partition coefficient (Wildman–Crippen LogP) is 1.51. The summed E-state index contributed by atoms with van der Waals surface area (Å²) in [5, 5.41) is 0. The van der Waals surface area contributed by atoms with E-state index < -0.39 is 5.82 Å². The summed E-state index contributed by atoms with van der Waals surface area (Å²) in [6.45, 7) is 0. The number of nitrogen functional groups attached to an aromatic ring is 1. The second-order valence-corrected chi connectivity index (χ2v) is 3.14. The Bertz CT molecular complexity index is 497. The Kier molecular flexibility index (Phi) is 2.74. The SMILES string of the molecule is COc1ccc(-c2cnc(NN)[nH]2)cc1F. The van der Waals surface area contributed by atoms with E-state index in [-0.39, 0.29) is 5.75 Å². The van der Waals surface area contributed by atoms with Crippen molar-refractivity contribution in [3.63, 3.8) is 0 Å². The minimum absolute atomic E-state index is 0.209. The largest absolute Gasteiger partial charge is 0.494 e. The molecule has 0 aliphatic rings. The molecule has 4 N–H and O–H groups in total. The molecule has 0 fully saturated rings. The molecule has 16 heavy (non-hydrogen) atoms. The van der Waals surface area contributed by atoms with Gasteiger partial charge in [-0.1, -0.05) is 0 Å². The number of benzene rings is 1. The summed E-state index contributed by atoms with van der Waals surface area (Å²) < 4.78 is 18.3. The standard InChI is InChI=1S/C10H11FN4O/c1-16-9-3-2-6(4-7(9)11)8-5-13-10(14-8)15-12/h2-5H,12H2,1H3,(H2,13,14,15). The molecule has 0 radical (unpaired) electrons. The van der Waals surface area contributed by atoms with Crippen LogP contribution in [-0.4, -0.2) is 17.1 Å². The van der Waals surface area contributed by atoms with Crippen molar-refractivity contribution in [1.82, 2.24) is 9.97 Å². The van der Waals surface area contributed by atoms with E-state index in [2.05, 4.69) is 15.4 Å². The van der Waals surface area contributed by atoms with Gasteiger partial charge >= 0.3 is 0 Å². The summed E-state index contributed by atoms with van der Waals surface area (Å²) in [5.41, 5.74) is 3.72. The Morgan fingerprint density at radius 1 is 1.50 bits per heavy atom. The van der Waals surface area contributed by atoms with Crippen molar-refractivity contribution in [3.05, 3.63) is 30.2 Å². The molecule has 0 aliphatic carbocycles. The lowest BCUT2D eigenvalue weighted by molar-refractivity contribution is 0.386. The zero-order valence-electron chi connectivity index (χ0n) is 8.62. The van der Waals surface area contributed by atoms with Crippen molar-refractivity contribution >= 4 is 5.95 Å². The van der Waals surface area contributed by atoms with Gasteiger partial charge in [-0.2, -0.15) is 0 Å². The lowest BCUT2D eigenvalue weighted by Gasteiger charge is -2.03. The van der Waals surface area contributed by atoms with Gasteiger partial charge in [-0.3, -0.25) is 5.43 Å². The first-order chi connectivity index (χ1) is 7.74. The van der Waals surface area contributed by atoms with Crippen LogP contribution in [0.5, 0.6) is 5.75 Å². The van der Waals surface area contributed by atoms with E-state index in [1.807, 2.05) is 0 Å². The molecule has 2 rings (SSSR count). The predicted molar refractivity (Wildman–Crippen MR) is 58.3 cm³/mol. The van der Waals surface area contributed by atoms with Crippen molar-refractivity contribution < 1.29 is 9.13 Å². The number of aromatic amines is 1. The van der Waals surface area contributed by atoms with E-state index in [9.17, 15) is 4.39 Å². The molecule has 0 saturated heterocycles. The molecule has 0 saturated carbocycles. The van der Waals surface area contributed by atoms with Gasteiger partial charge in [0.05, 0.1) is 19.0 Å². The van der Waals surface area contributed by atoms with E-state index in [4.69, 9.17) is 10.6 Å². The van der Waals surface area contributed by atoms with Crippen LogP contribution in [-0.2, 0) is 0 Å². The molecule has 0 bridgehead atoms. The highest BCUT2D eigenvalue weighted by Gasteiger charge is 2.07. The van der Waals surface area contributed by atoms with Crippen LogP contribution in [0.15, 0.2) is 24.4 Å². The third kappa shape index (κ3) is 1.82. The highest BCUT2D eigenvalue weighted by atomic mass is 19.1. The number of aromatic nitrogens is 2. The maximum Gasteiger partial charge on any atom is 0.215 e.